The molecule has 0 saturated carbocycles. The molecule has 0 bridgehead atoms. The van der Waals surface area contributed by atoms with Crippen molar-refractivity contribution in [2.24, 2.45) is 0 Å². The van der Waals surface area contributed by atoms with Gasteiger partial charge in [0.2, 0.25) is 0 Å². The minimum atomic E-state index is -0.378. The Morgan fingerprint density at radius 2 is 1.20 bits per heavy atom. The van der Waals surface area contributed by atoms with Crippen molar-refractivity contribution >= 4 is 11.4 Å². The largest absolute Gasteiger partial charge is 0.492 e. The molecule has 246 valence electrons. The van der Waals surface area contributed by atoms with Gasteiger partial charge in [-0.25, -0.2) is 0 Å². The zero-order chi connectivity index (χ0) is 32.9. The molecule has 0 aromatic heterocycles. The number of rotatable bonds is 21. The Balaban J connectivity index is 0.000000442. The molecule has 2 aromatic rings. The van der Waals surface area contributed by atoms with Gasteiger partial charge >= 0.3 is 0 Å². The number of benzene rings is 2. The SMILES string of the molecule is C=CCN(C)Cc1cc(N)ccc1OCCN(CC)CC.C=CCN(C)Cc1cc([N+](=O)[O-])ccc1OCCN(CC)CC. The molecule has 0 heterocycles. The predicted molar refractivity (Wildman–Crippen MR) is 184 cm³/mol. The van der Waals surface area contributed by atoms with Crippen molar-refractivity contribution < 1.29 is 14.4 Å². The fourth-order valence-electron chi connectivity index (χ4n) is 4.61. The first kappa shape index (κ1) is 38.6. The summed E-state index contributed by atoms with van der Waals surface area (Å²) in [6.45, 7) is 26.1. The van der Waals surface area contributed by atoms with Gasteiger partial charge in [-0.15, -0.1) is 13.2 Å². The van der Waals surface area contributed by atoms with Crippen LogP contribution in [-0.2, 0) is 13.1 Å². The Hall–Kier alpha value is -3.44. The highest BCUT2D eigenvalue weighted by molar-refractivity contribution is 5.48. The fraction of sp³-hybridized carbons (Fsp3) is 0.529. The molecule has 2 rings (SSSR count). The zero-order valence-corrected chi connectivity index (χ0v) is 28.0. The van der Waals surface area contributed by atoms with Gasteiger partial charge < -0.3 is 25.0 Å². The minimum absolute atomic E-state index is 0.0862. The van der Waals surface area contributed by atoms with E-state index in [-0.39, 0.29) is 10.6 Å². The Labute approximate surface area is 265 Å². The van der Waals surface area contributed by atoms with Crippen LogP contribution in [0.2, 0.25) is 0 Å². The van der Waals surface area contributed by atoms with E-state index in [0.717, 1.165) is 74.9 Å². The lowest BCUT2D eigenvalue weighted by Gasteiger charge is -2.20. The van der Waals surface area contributed by atoms with Crippen molar-refractivity contribution in [1.29, 1.82) is 0 Å². The van der Waals surface area contributed by atoms with E-state index in [2.05, 4.69) is 62.6 Å². The molecule has 0 spiro atoms. The van der Waals surface area contributed by atoms with Gasteiger partial charge in [0.1, 0.15) is 24.7 Å². The monoisotopic (exact) mass is 612 g/mol. The molecule has 0 atom stereocenters. The van der Waals surface area contributed by atoms with Crippen LogP contribution in [0.25, 0.3) is 0 Å². The summed E-state index contributed by atoms with van der Waals surface area (Å²) in [5.41, 5.74) is 8.70. The summed E-state index contributed by atoms with van der Waals surface area (Å²) < 4.78 is 11.8. The minimum Gasteiger partial charge on any atom is -0.492 e. The lowest BCUT2D eigenvalue weighted by Crippen LogP contribution is -2.28. The van der Waals surface area contributed by atoms with Crippen LogP contribution in [0.5, 0.6) is 11.5 Å². The van der Waals surface area contributed by atoms with Gasteiger partial charge in [-0.2, -0.15) is 0 Å². The maximum Gasteiger partial charge on any atom is 0.270 e. The number of nitrogens with two attached hydrogens (primary N) is 1. The Morgan fingerprint density at radius 1 is 0.773 bits per heavy atom. The van der Waals surface area contributed by atoms with Crippen molar-refractivity contribution in [2.75, 3.05) is 85.4 Å². The number of likely N-dealkylation sites (N-methyl/N-ethyl adjacent to an activating group) is 4. The van der Waals surface area contributed by atoms with Gasteiger partial charge in [-0.1, -0.05) is 39.8 Å². The van der Waals surface area contributed by atoms with Crippen molar-refractivity contribution in [3.05, 3.63) is 82.9 Å². The first-order valence-electron chi connectivity index (χ1n) is 15.6. The molecule has 0 amide bonds. The second-order valence-corrected chi connectivity index (χ2v) is 10.6. The van der Waals surface area contributed by atoms with Crippen LogP contribution in [0.1, 0.15) is 38.8 Å². The highest BCUT2D eigenvalue weighted by atomic mass is 16.6. The number of ether oxygens (including phenoxy) is 2. The molecular formula is C34H56N6O4. The Morgan fingerprint density at radius 3 is 1.61 bits per heavy atom. The third-order valence-electron chi connectivity index (χ3n) is 7.22. The predicted octanol–water partition coefficient (Wildman–Crippen LogP) is 5.54. The number of nitro benzene ring substituents is 1. The summed E-state index contributed by atoms with van der Waals surface area (Å²) in [6, 6.07) is 10.6. The van der Waals surface area contributed by atoms with Crippen LogP contribution >= 0.6 is 0 Å². The van der Waals surface area contributed by atoms with Crippen LogP contribution < -0.4 is 15.2 Å². The summed E-state index contributed by atoms with van der Waals surface area (Å²) in [5.74, 6) is 1.63. The molecule has 0 saturated heterocycles. The molecule has 44 heavy (non-hydrogen) atoms. The number of nitro groups is 1. The first-order chi connectivity index (χ1) is 21.1. The lowest BCUT2D eigenvalue weighted by molar-refractivity contribution is -0.385. The first-order valence-corrected chi connectivity index (χ1v) is 15.6. The number of nitrogens with zero attached hydrogens (tertiary/aromatic N) is 5. The van der Waals surface area contributed by atoms with Crippen molar-refractivity contribution in [1.82, 2.24) is 19.6 Å². The van der Waals surface area contributed by atoms with Crippen molar-refractivity contribution in [3.8, 4) is 11.5 Å². The maximum atomic E-state index is 11.0. The molecule has 0 aliphatic carbocycles. The molecule has 0 radical (unpaired) electrons. The number of non-ortho nitro benzene ring substituents is 1. The van der Waals surface area contributed by atoms with Gasteiger partial charge in [0.25, 0.3) is 5.69 Å². The number of nitrogen functional groups attached to an aromatic ring is 1. The van der Waals surface area contributed by atoms with Crippen LogP contribution in [-0.4, -0.2) is 104 Å². The number of anilines is 1. The fourth-order valence-corrected chi connectivity index (χ4v) is 4.61. The van der Waals surface area contributed by atoms with Gasteiger partial charge in [0.05, 0.1) is 4.92 Å². The molecule has 0 aliphatic rings. The summed E-state index contributed by atoms with van der Waals surface area (Å²) >= 11 is 0. The van der Waals surface area contributed by atoms with E-state index in [4.69, 9.17) is 15.2 Å². The summed E-state index contributed by atoms with van der Waals surface area (Å²) in [7, 11) is 4.00. The van der Waals surface area contributed by atoms with Crippen LogP contribution in [0.15, 0.2) is 61.7 Å². The molecule has 0 unspecified atom stereocenters. The molecule has 10 nitrogen and oxygen atoms in total. The average molecular weight is 613 g/mol. The maximum absolute atomic E-state index is 11.0. The summed E-state index contributed by atoms with van der Waals surface area (Å²) in [4.78, 5) is 19.4. The van der Waals surface area contributed by atoms with Gasteiger partial charge in [0.15, 0.2) is 0 Å². The van der Waals surface area contributed by atoms with Crippen LogP contribution in [0.4, 0.5) is 11.4 Å². The van der Waals surface area contributed by atoms with Crippen LogP contribution in [0, 0.1) is 10.1 Å². The van der Waals surface area contributed by atoms with E-state index in [1.807, 2.05) is 36.2 Å². The summed E-state index contributed by atoms with van der Waals surface area (Å²) in [5, 5.41) is 11.0. The smallest absolute Gasteiger partial charge is 0.270 e. The van der Waals surface area contributed by atoms with E-state index < -0.39 is 0 Å². The van der Waals surface area contributed by atoms with E-state index in [0.29, 0.717) is 32.1 Å². The van der Waals surface area contributed by atoms with Gasteiger partial charge in [-0.05, 0) is 64.5 Å². The highest BCUT2D eigenvalue weighted by Crippen LogP contribution is 2.26. The molecule has 0 fully saturated rings. The third-order valence-corrected chi connectivity index (χ3v) is 7.22. The topological polar surface area (TPSA) is 101 Å². The molecule has 2 aromatic carbocycles. The quantitative estimate of drug-likeness (QED) is 0.0843. The lowest BCUT2D eigenvalue weighted by atomic mass is 10.1. The number of hydrogen-bond donors (Lipinski definition) is 1. The van der Waals surface area contributed by atoms with E-state index >= 15 is 0 Å². The van der Waals surface area contributed by atoms with E-state index in [1.54, 1.807) is 18.2 Å². The van der Waals surface area contributed by atoms with E-state index in [9.17, 15) is 10.1 Å². The highest BCUT2D eigenvalue weighted by Gasteiger charge is 2.14. The molecule has 2 N–H and O–H groups in total. The second-order valence-electron chi connectivity index (χ2n) is 10.6. The zero-order valence-electron chi connectivity index (χ0n) is 28.0. The van der Waals surface area contributed by atoms with E-state index in [1.165, 1.54) is 6.07 Å². The van der Waals surface area contributed by atoms with Crippen molar-refractivity contribution in [2.45, 2.75) is 40.8 Å². The summed E-state index contributed by atoms with van der Waals surface area (Å²) in [6.07, 6.45) is 3.70. The van der Waals surface area contributed by atoms with Crippen molar-refractivity contribution in [3.63, 3.8) is 0 Å². The van der Waals surface area contributed by atoms with Gasteiger partial charge in [0, 0.05) is 68.2 Å². The molecule has 0 aliphatic heterocycles. The molecular weight excluding hydrogens is 556 g/mol. The standard InChI is InChI=1S/C17H27N3O3.C17H29N3O/c1-5-10-18(4)14-15-13-16(20(21)22)8-9-17(15)23-12-11-19(6-2)7-3;1-5-10-19(4)14-15-13-16(18)8-9-17(15)21-12-11-20(6-2)7-3/h5,8-9,13H,1,6-7,10-12,14H2,2-4H3;5,8-9,13H,1,6-7,10-12,14,18H2,2-4H3. The normalized spacial score (nSPS) is 11.0. The molecule has 10 heteroatoms. The third kappa shape index (κ3) is 14.8. The number of hydrogen-bond acceptors (Lipinski definition) is 9. The van der Waals surface area contributed by atoms with Crippen LogP contribution in [0.3, 0.4) is 0 Å². The van der Waals surface area contributed by atoms with Gasteiger partial charge in [-0.3, -0.25) is 19.9 Å². The average Bonchev–Trinajstić information content (AvgIpc) is 2.99. The second kappa shape index (κ2) is 22.1. The Kier molecular flexibility index (Phi) is 19.4. The Bertz CT molecular complexity index is 1120.